The van der Waals surface area contributed by atoms with Crippen LogP contribution in [-0.4, -0.2) is 44.7 Å². The van der Waals surface area contributed by atoms with Gasteiger partial charge in [0, 0.05) is 31.9 Å². The summed E-state index contributed by atoms with van der Waals surface area (Å²) in [6, 6.07) is 1.98. The molecule has 2 N–H and O–H groups in total. The fourth-order valence-corrected chi connectivity index (χ4v) is 3.21. The molecule has 0 unspecified atom stereocenters. The molecule has 0 radical (unpaired) electrons. The predicted octanol–water partition coefficient (Wildman–Crippen LogP) is 1.48. The van der Waals surface area contributed by atoms with Crippen LogP contribution in [0.4, 0.5) is 0 Å². The van der Waals surface area contributed by atoms with E-state index in [-0.39, 0.29) is 11.9 Å². The van der Waals surface area contributed by atoms with Gasteiger partial charge in [-0.1, -0.05) is 0 Å². The highest BCUT2D eigenvalue weighted by Crippen LogP contribution is 2.24. The first kappa shape index (κ1) is 15.0. The number of likely N-dealkylation sites (tertiary alicyclic amines) is 1. The number of rotatable bonds is 2. The van der Waals surface area contributed by atoms with Crippen LogP contribution in [0.3, 0.4) is 0 Å². The number of carbonyl (C=O) groups excluding carboxylic acids is 1. The number of nitrogens with two attached hydrogens (primary N) is 1. The third-order valence-electron chi connectivity index (χ3n) is 4.55. The van der Waals surface area contributed by atoms with Crippen LogP contribution in [0.2, 0.25) is 0 Å². The number of nitrogens with zero attached hydrogens (tertiary/aromatic N) is 4. The van der Waals surface area contributed by atoms with Gasteiger partial charge in [-0.05, 0) is 38.7 Å². The Morgan fingerprint density at radius 2 is 2.27 bits per heavy atom. The van der Waals surface area contributed by atoms with Gasteiger partial charge in [-0.25, -0.2) is 4.98 Å². The monoisotopic (exact) mass is 301 g/mol. The van der Waals surface area contributed by atoms with Crippen LogP contribution < -0.4 is 5.73 Å². The molecule has 2 aromatic heterocycles. The van der Waals surface area contributed by atoms with E-state index in [4.69, 9.17) is 5.73 Å². The van der Waals surface area contributed by atoms with Crippen molar-refractivity contribution in [3.63, 3.8) is 0 Å². The molecule has 1 amide bonds. The molecule has 0 saturated carbocycles. The van der Waals surface area contributed by atoms with Gasteiger partial charge < -0.3 is 10.6 Å². The summed E-state index contributed by atoms with van der Waals surface area (Å²) in [5.41, 5.74) is 8.31. The molecule has 6 heteroatoms. The van der Waals surface area contributed by atoms with Crippen molar-refractivity contribution in [1.29, 1.82) is 0 Å². The minimum atomic E-state index is 0.0638. The largest absolute Gasteiger partial charge is 0.338 e. The lowest BCUT2D eigenvalue weighted by molar-refractivity contribution is 0.0663. The zero-order chi connectivity index (χ0) is 15.9. The van der Waals surface area contributed by atoms with Crippen LogP contribution in [-0.2, 0) is 7.05 Å². The lowest BCUT2D eigenvalue weighted by Crippen LogP contribution is -2.45. The average Bonchev–Trinajstić information content (AvgIpc) is 2.87. The van der Waals surface area contributed by atoms with Crippen molar-refractivity contribution in [3.8, 4) is 0 Å². The molecule has 0 aliphatic carbocycles. The second-order valence-corrected chi connectivity index (χ2v) is 6.33. The van der Waals surface area contributed by atoms with Gasteiger partial charge in [-0.15, -0.1) is 0 Å². The van der Waals surface area contributed by atoms with Gasteiger partial charge in [-0.2, -0.15) is 5.10 Å². The third-order valence-corrected chi connectivity index (χ3v) is 4.55. The molecule has 1 aliphatic heterocycles. The summed E-state index contributed by atoms with van der Waals surface area (Å²) >= 11 is 0. The zero-order valence-corrected chi connectivity index (χ0v) is 13.4. The molecule has 118 valence electrons. The van der Waals surface area contributed by atoms with E-state index < -0.39 is 0 Å². The fourth-order valence-electron chi connectivity index (χ4n) is 3.21. The van der Waals surface area contributed by atoms with Crippen LogP contribution in [0.25, 0.3) is 11.0 Å². The molecule has 0 spiro atoms. The Morgan fingerprint density at radius 1 is 1.50 bits per heavy atom. The Balaban J connectivity index is 1.95. The minimum absolute atomic E-state index is 0.0638. The van der Waals surface area contributed by atoms with Crippen molar-refractivity contribution in [2.45, 2.75) is 32.7 Å². The van der Waals surface area contributed by atoms with E-state index >= 15 is 0 Å². The fraction of sp³-hybridized carbons (Fsp3) is 0.562. The molecule has 3 heterocycles. The van der Waals surface area contributed by atoms with Crippen LogP contribution >= 0.6 is 0 Å². The van der Waals surface area contributed by atoms with Gasteiger partial charge in [0.15, 0.2) is 5.65 Å². The molecule has 1 fully saturated rings. The standard InChI is InChI=1S/C16H23N5O/c1-10-7-13(14-8-18-20(3)15(14)19-10)16(22)21-6-4-5-12(9-21)11(2)17/h7-8,11-12H,4-6,9,17H2,1-3H3/t11-,12-/m0/s1. The molecule has 1 saturated heterocycles. The second kappa shape index (κ2) is 5.68. The van der Waals surface area contributed by atoms with Gasteiger partial charge in [0.05, 0.1) is 17.1 Å². The quantitative estimate of drug-likeness (QED) is 0.911. The maximum Gasteiger partial charge on any atom is 0.254 e. The topological polar surface area (TPSA) is 77.0 Å². The Labute approximate surface area is 130 Å². The van der Waals surface area contributed by atoms with E-state index in [0.717, 1.165) is 42.7 Å². The van der Waals surface area contributed by atoms with Gasteiger partial charge in [0.2, 0.25) is 0 Å². The number of amides is 1. The molecular weight excluding hydrogens is 278 g/mol. The second-order valence-electron chi connectivity index (χ2n) is 6.33. The number of hydrogen-bond donors (Lipinski definition) is 1. The number of aryl methyl sites for hydroxylation is 2. The molecule has 2 aromatic rings. The number of carbonyl (C=O) groups is 1. The maximum atomic E-state index is 13.0. The van der Waals surface area contributed by atoms with Gasteiger partial charge in [0.1, 0.15) is 0 Å². The van der Waals surface area contributed by atoms with E-state index in [9.17, 15) is 4.79 Å². The summed E-state index contributed by atoms with van der Waals surface area (Å²) in [7, 11) is 1.84. The van der Waals surface area contributed by atoms with E-state index in [1.165, 1.54) is 0 Å². The van der Waals surface area contributed by atoms with E-state index in [1.807, 2.05) is 31.9 Å². The van der Waals surface area contributed by atoms with E-state index in [2.05, 4.69) is 10.1 Å². The Morgan fingerprint density at radius 3 is 3.00 bits per heavy atom. The van der Waals surface area contributed by atoms with Crippen LogP contribution in [0.1, 0.15) is 35.8 Å². The first-order valence-electron chi connectivity index (χ1n) is 7.81. The lowest BCUT2D eigenvalue weighted by atomic mass is 9.91. The Kier molecular flexibility index (Phi) is 3.87. The highest BCUT2D eigenvalue weighted by molar-refractivity contribution is 6.05. The molecule has 2 atom stereocenters. The van der Waals surface area contributed by atoms with E-state index in [1.54, 1.807) is 10.9 Å². The first-order chi connectivity index (χ1) is 10.5. The van der Waals surface area contributed by atoms with Crippen molar-refractivity contribution in [1.82, 2.24) is 19.7 Å². The Bertz CT molecular complexity index is 706. The molecule has 1 aliphatic rings. The highest BCUT2D eigenvalue weighted by Gasteiger charge is 2.28. The first-order valence-corrected chi connectivity index (χ1v) is 7.81. The number of hydrogen-bond acceptors (Lipinski definition) is 4. The van der Waals surface area contributed by atoms with Crippen molar-refractivity contribution in [2.24, 2.45) is 18.7 Å². The molecule has 6 nitrogen and oxygen atoms in total. The maximum absolute atomic E-state index is 13.0. The molecule has 3 rings (SSSR count). The van der Waals surface area contributed by atoms with Gasteiger partial charge >= 0.3 is 0 Å². The van der Waals surface area contributed by atoms with Crippen molar-refractivity contribution in [3.05, 3.63) is 23.5 Å². The van der Waals surface area contributed by atoms with Crippen LogP contribution in [0.15, 0.2) is 12.3 Å². The summed E-state index contributed by atoms with van der Waals surface area (Å²) in [5, 5.41) is 5.05. The normalized spacial score (nSPS) is 20.4. The summed E-state index contributed by atoms with van der Waals surface area (Å²) in [5.74, 6) is 0.443. The third kappa shape index (κ3) is 2.59. The van der Waals surface area contributed by atoms with E-state index in [0.29, 0.717) is 11.5 Å². The number of fused-ring (bicyclic) bond motifs is 1. The van der Waals surface area contributed by atoms with Crippen molar-refractivity contribution in [2.75, 3.05) is 13.1 Å². The molecule has 22 heavy (non-hydrogen) atoms. The summed E-state index contributed by atoms with van der Waals surface area (Å²) in [6.07, 6.45) is 3.83. The molecule has 0 aromatic carbocycles. The number of piperidine rings is 1. The van der Waals surface area contributed by atoms with Gasteiger partial charge in [-0.3, -0.25) is 9.48 Å². The SMILES string of the molecule is Cc1cc(C(=O)N2CCC[C@H]([C@H](C)N)C2)c2cnn(C)c2n1. The average molecular weight is 301 g/mol. The van der Waals surface area contributed by atoms with Crippen LogP contribution in [0.5, 0.6) is 0 Å². The Hall–Kier alpha value is -1.95. The number of aromatic nitrogens is 3. The summed E-state index contributed by atoms with van der Waals surface area (Å²) in [6.45, 7) is 5.46. The number of pyridine rings is 1. The summed E-state index contributed by atoms with van der Waals surface area (Å²) < 4.78 is 1.71. The molecular formula is C16H23N5O. The summed E-state index contributed by atoms with van der Waals surface area (Å²) in [4.78, 5) is 19.4. The van der Waals surface area contributed by atoms with Gasteiger partial charge in [0.25, 0.3) is 5.91 Å². The van der Waals surface area contributed by atoms with Crippen molar-refractivity contribution >= 4 is 16.9 Å². The minimum Gasteiger partial charge on any atom is -0.338 e. The molecule has 0 bridgehead atoms. The predicted molar refractivity (Wildman–Crippen MR) is 85.5 cm³/mol. The van der Waals surface area contributed by atoms with Crippen molar-refractivity contribution < 1.29 is 4.79 Å². The highest BCUT2D eigenvalue weighted by atomic mass is 16.2. The van der Waals surface area contributed by atoms with Crippen LogP contribution in [0, 0.1) is 12.8 Å². The lowest BCUT2D eigenvalue weighted by Gasteiger charge is -2.34. The smallest absolute Gasteiger partial charge is 0.254 e. The zero-order valence-electron chi connectivity index (χ0n) is 13.4.